The van der Waals surface area contributed by atoms with Crippen LogP contribution in [0.5, 0.6) is 0 Å². The first-order valence-electron chi connectivity index (χ1n) is 12.9. The van der Waals surface area contributed by atoms with Gasteiger partial charge in [0.15, 0.2) is 0 Å². The third-order valence-corrected chi connectivity index (χ3v) is 2.73. The van der Waals surface area contributed by atoms with Crippen LogP contribution in [0, 0.1) is 20.8 Å². The Morgan fingerprint density at radius 2 is 0.974 bits per heavy atom. The average molecular weight is 807 g/mol. The molecule has 0 aliphatic carbocycles. The van der Waals surface area contributed by atoms with Crippen LogP contribution in [-0.4, -0.2) is 76.5 Å². The van der Waals surface area contributed by atoms with Crippen LogP contribution < -0.4 is 0 Å². The van der Waals surface area contributed by atoms with Crippen LogP contribution in [0.4, 0.5) is 0 Å². The van der Waals surface area contributed by atoms with E-state index in [9.17, 15) is 9.59 Å². The largest absolute Gasteiger partial charge is 0.463 e. The molecule has 0 spiro atoms. The maximum atomic E-state index is 10.6. The second-order valence-electron chi connectivity index (χ2n) is 5.77. The Morgan fingerprint density at radius 1 is 0.641 bits per heavy atom. The van der Waals surface area contributed by atoms with Crippen molar-refractivity contribution in [1.82, 2.24) is 0 Å². The molecule has 1 N–H and O–H groups in total. The molecule has 0 rings (SSSR count). The first kappa shape index (κ1) is 68.3. The number of hydrogen-bond donors (Lipinski definition) is 1. The molecule has 0 saturated heterocycles. The van der Waals surface area contributed by atoms with E-state index >= 15 is 0 Å². The van der Waals surface area contributed by atoms with E-state index in [1.807, 2.05) is 13.8 Å². The molecule has 0 aliphatic heterocycles. The van der Waals surface area contributed by atoms with Gasteiger partial charge in [0.05, 0.1) is 26.4 Å². The molecule has 0 aromatic rings. The molecule has 0 aromatic carbocycles. The summed E-state index contributed by atoms with van der Waals surface area (Å²) in [5, 5.41) is 8.04. The summed E-state index contributed by atoms with van der Waals surface area (Å²) >= 11 is 0. The summed E-state index contributed by atoms with van der Waals surface area (Å²) in [6.45, 7) is 29.6. The van der Waals surface area contributed by atoms with E-state index in [0.717, 1.165) is 19.4 Å². The molecule has 0 aromatic heterocycles. The van der Waals surface area contributed by atoms with Gasteiger partial charge in [0.2, 0.25) is 0 Å². The van der Waals surface area contributed by atoms with Gasteiger partial charge in [-0.05, 0) is 6.42 Å². The normalized spacial score (nSPS) is 7.59. The van der Waals surface area contributed by atoms with Crippen molar-refractivity contribution in [2.45, 2.75) is 87.5 Å². The second kappa shape index (κ2) is 83.5. The van der Waals surface area contributed by atoms with Gasteiger partial charge in [0, 0.05) is 118 Å². The molecule has 0 bridgehead atoms. The van der Waals surface area contributed by atoms with Gasteiger partial charge in [-0.3, -0.25) is 9.59 Å². The summed E-state index contributed by atoms with van der Waals surface area (Å²) in [6.07, 6.45) is 4.32. The quantitative estimate of drug-likeness (QED) is 0.129. The van der Waals surface area contributed by atoms with E-state index in [1.165, 1.54) is 6.42 Å². The van der Waals surface area contributed by atoms with E-state index in [1.54, 1.807) is 20.8 Å². The first-order chi connectivity index (χ1) is 16.9. The van der Waals surface area contributed by atoms with Crippen LogP contribution in [0.15, 0.2) is 0 Å². The Labute approximate surface area is 313 Å². The monoisotopic (exact) mass is 807 g/mol. The molecule has 0 aliphatic rings. The van der Waals surface area contributed by atoms with Crippen molar-refractivity contribution in [3.05, 3.63) is 20.8 Å². The summed E-state index contributed by atoms with van der Waals surface area (Å²) in [7, 11) is 0. The van der Waals surface area contributed by atoms with Gasteiger partial charge in [0.25, 0.3) is 0 Å². The Bertz CT molecular complexity index is 345. The third-order valence-electron chi connectivity index (χ3n) is 2.73. The molecule has 39 heavy (non-hydrogen) atoms. The molecule has 4 radical (unpaired) electrons. The third kappa shape index (κ3) is 109. The van der Waals surface area contributed by atoms with Gasteiger partial charge in [-0.2, -0.15) is 6.92 Å². The van der Waals surface area contributed by atoms with Crippen molar-refractivity contribution in [3.8, 4) is 0 Å². The molecule has 8 nitrogen and oxygen atoms in total. The number of rotatable bonds is 15. The summed E-state index contributed by atoms with van der Waals surface area (Å²) in [5.74, 6) is -0.346. The van der Waals surface area contributed by atoms with Crippen LogP contribution >= 0.6 is 0 Å². The van der Waals surface area contributed by atoms with Crippen molar-refractivity contribution in [3.63, 3.8) is 0 Å². The number of aliphatic hydroxyl groups excluding tert-OH is 1. The maximum absolute atomic E-state index is 10.6. The molecule has 0 unspecified atom stereocenters. The van der Waals surface area contributed by atoms with E-state index < -0.39 is 0 Å². The fraction of sp³-hybridized carbons (Fsp3) is 0.815. The van der Waals surface area contributed by atoms with Crippen molar-refractivity contribution in [2.75, 3.05) is 59.5 Å². The number of hydrogen-bond acceptors (Lipinski definition) is 8. The fourth-order valence-electron chi connectivity index (χ4n) is 1.25. The Morgan fingerprint density at radius 3 is 1.23 bits per heavy atom. The molecule has 0 amide bonds. The summed E-state index contributed by atoms with van der Waals surface area (Å²) in [6, 6.07) is 0. The van der Waals surface area contributed by atoms with Gasteiger partial charge >= 0.3 is 11.9 Å². The van der Waals surface area contributed by atoms with E-state index in [-0.39, 0.29) is 118 Å². The van der Waals surface area contributed by atoms with Gasteiger partial charge in [0.1, 0.15) is 13.2 Å². The molecule has 12 heteroatoms. The smallest absolute Gasteiger partial charge is 0.305 e. The predicted octanol–water partition coefficient (Wildman–Crippen LogP) is 5.65. The van der Waals surface area contributed by atoms with Gasteiger partial charge in [-0.15, -0.1) is 0 Å². The zero-order chi connectivity index (χ0) is 28.6. The zero-order valence-corrected chi connectivity index (χ0v) is 33.9. The van der Waals surface area contributed by atoms with E-state index in [4.69, 9.17) is 24.1 Å². The molecule has 0 atom stereocenters. The zero-order valence-electron chi connectivity index (χ0n) is 26.1. The summed E-state index contributed by atoms with van der Waals surface area (Å²) < 4.78 is 24.2. The van der Waals surface area contributed by atoms with E-state index in [2.05, 4.69) is 46.3 Å². The number of carbonyl (C=O) groups excluding carboxylic acids is 2. The average Bonchev–Trinajstić information content (AvgIpc) is 2.90. The SMILES string of the molecule is CC.CCC.CCCCOCCOC(=O)CC.[CH2-]C.[CH2-]COCCO.[CH2-]COCCOC(=O)CC.[Co].[Co].[Y].[Y]. The van der Waals surface area contributed by atoms with Crippen LogP contribution in [0.25, 0.3) is 0 Å². The van der Waals surface area contributed by atoms with Crippen molar-refractivity contribution < 1.29 is 137 Å². The standard InChI is InChI=1S/C9H18O3.C7H13O3.C4H9O2.C3H8.C2H6.C2H5.2Co.2Y/c1-3-5-6-11-7-8-12-9(10)4-2;1-3-7(8)10-6-5-9-4-2;1-2-6-4-3-5;1-3-2;2*1-2;;;;/h3-8H2,1-2H3;2-6H2,1H3;5H,1-4H2;3H2,1-2H3;1-2H3;1H2,2H3;;;;/q;2*-1;;;-1;;;;. The van der Waals surface area contributed by atoms with Gasteiger partial charge in [-0.1, -0.05) is 74.5 Å². The second-order valence-corrected chi connectivity index (χ2v) is 5.77. The Hall–Kier alpha value is 2.00. The topological polar surface area (TPSA) is 101 Å². The van der Waals surface area contributed by atoms with E-state index in [0.29, 0.717) is 59.1 Å². The number of ether oxygens (including phenoxy) is 5. The Balaban J connectivity index is -0.0000000355. The van der Waals surface area contributed by atoms with Crippen LogP contribution in [-0.2, 0) is 132 Å². The number of carbonyl (C=O) groups is 2. The van der Waals surface area contributed by atoms with Crippen molar-refractivity contribution in [1.29, 1.82) is 0 Å². The molecular weight excluding hydrogens is 748 g/mol. The minimum atomic E-state index is -0.187. The minimum absolute atomic E-state index is 0. The molecule has 0 fully saturated rings. The molecule has 0 heterocycles. The van der Waals surface area contributed by atoms with Gasteiger partial charge < -0.3 is 49.6 Å². The summed E-state index contributed by atoms with van der Waals surface area (Å²) in [5.41, 5.74) is 0. The van der Waals surface area contributed by atoms with Crippen LogP contribution in [0.1, 0.15) is 87.5 Å². The maximum Gasteiger partial charge on any atom is 0.305 e. The van der Waals surface area contributed by atoms with Crippen LogP contribution in [0.3, 0.4) is 0 Å². The number of aliphatic hydroxyl groups is 1. The minimum Gasteiger partial charge on any atom is -0.463 e. The number of unbranched alkanes of at least 4 members (excludes halogenated alkanes) is 1. The molecule has 0 saturated carbocycles. The van der Waals surface area contributed by atoms with Gasteiger partial charge in [-0.25, -0.2) is 0 Å². The number of esters is 2. The Kier molecular flexibility index (Phi) is 146. The van der Waals surface area contributed by atoms with Crippen molar-refractivity contribution in [2.24, 2.45) is 0 Å². The summed E-state index contributed by atoms with van der Waals surface area (Å²) in [4.78, 5) is 21.1. The molecule has 242 valence electrons. The van der Waals surface area contributed by atoms with Crippen LogP contribution in [0.2, 0.25) is 0 Å². The first-order valence-corrected chi connectivity index (χ1v) is 12.9. The fourth-order valence-corrected chi connectivity index (χ4v) is 1.25. The van der Waals surface area contributed by atoms with Crippen molar-refractivity contribution >= 4 is 11.9 Å². The molecular formula is C27H59Co2O8Y2-3. The predicted molar refractivity (Wildman–Crippen MR) is 146 cm³/mol.